The van der Waals surface area contributed by atoms with Crippen LogP contribution in [0.4, 0.5) is 11.4 Å². The van der Waals surface area contributed by atoms with Crippen molar-refractivity contribution in [2.45, 2.75) is 17.3 Å². The largest absolute Gasteiger partial charge is 0.368 e. The molecular formula is C15H19BrN4O3. The van der Waals surface area contributed by atoms with Gasteiger partial charge < -0.3 is 15.1 Å². The zero-order valence-electron chi connectivity index (χ0n) is 12.7. The van der Waals surface area contributed by atoms with E-state index in [1.54, 1.807) is 12.1 Å². The fourth-order valence-electron chi connectivity index (χ4n) is 3.07. The molecular weight excluding hydrogens is 364 g/mol. The molecule has 1 aromatic rings. The van der Waals surface area contributed by atoms with E-state index in [1.165, 1.54) is 12.1 Å². The molecule has 0 radical (unpaired) electrons. The monoisotopic (exact) mass is 382 g/mol. The maximum Gasteiger partial charge on any atom is 0.269 e. The van der Waals surface area contributed by atoms with Crippen LogP contribution in [-0.4, -0.2) is 59.3 Å². The molecule has 2 heterocycles. The van der Waals surface area contributed by atoms with Gasteiger partial charge in [-0.25, -0.2) is 0 Å². The maximum atomic E-state index is 12.5. The molecule has 0 aliphatic carbocycles. The first kappa shape index (κ1) is 16.2. The summed E-state index contributed by atoms with van der Waals surface area (Å²) in [6.07, 6.45) is 0.835. The van der Waals surface area contributed by atoms with E-state index in [4.69, 9.17) is 0 Å². The third-order valence-electron chi connectivity index (χ3n) is 4.39. The number of carbonyl (C=O) groups is 1. The Labute approximate surface area is 142 Å². The SMILES string of the molecule is O=C(C1CC(Br)CN1)N1CCN(c2ccc([N+](=O)[O-])cc2)CC1. The van der Waals surface area contributed by atoms with E-state index >= 15 is 0 Å². The molecule has 2 fully saturated rings. The van der Waals surface area contributed by atoms with Gasteiger partial charge in [-0.1, -0.05) is 15.9 Å². The summed E-state index contributed by atoms with van der Waals surface area (Å²) in [6.45, 7) is 3.68. The van der Waals surface area contributed by atoms with E-state index in [-0.39, 0.29) is 17.6 Å². The highest BCUT2D eigenvalue weighted by atomic mass is 79.9. The number of nitrogens with zero attached hydrogens (tertiary/aromatic N) is 3. The van der Waals surface area contributed by atoms with Gasteiger partial charge in [0.05, 0.1) is 11.0 Å². The van der Waals surface area contributed by atoms with E-state index < -0.39 is 4.92 Å². The second-order valence-corrected chi connectivity index (χ2v) is 7.17. The van der Waals surface area contributed by atoms with Crippen LogP contribution in [0.1, 0.15) is 6.42 Å². The third kappa shape index (κ3) is 3.64. The second kappa shape index (κ2) is 6.84. The van der Waals surface area contributed by atoms with Gasteiger partial charge >= 0.3 is 0 Å². The van der Waals surface area contributed by atoms with Gasteiger partial charge in [-0.2, -0.15) is 0 Å². The lowest BCUT2D eigenvalue weighted by molar-refractivity contribution is -0.384. The van der Waals surface area contributed by atoms with Crippen molar-refractivity contribution in [3.63, 3.8) is 0 Å². The molecule has 23 heavy (non-hydrogen) atoms. The smallest absolute Gasteiger partial charge is 0.269 e. The summed E-state index contributed by atoms with van der Waals surface area (Å²) in [6, 6.07) is 6.50. The minimum Gasteiger partial charge on any atom is -0.368 e. The van der Waals surface area contributed by atoms with Gasteiger partial charge in [-0.15, -0.1) is 0 Å². The Balaban J connectivity index is 1.55. The summed E-state index contributed by atoms with van der Waals surface area (Å²) >= 11 is 3.54. The minimum atomic E-state index is -0.397. The van der Waals surface area contributed by atoms with Crippen molar-refractivity contribution in [2.75, 3.05) is 37.6 Å². The number of hydrogen-bond acceptors (Lipinski definition) is 5. The highest BCUT2D eigenvalue weighted by Gasteiger charge is 2.32. The molecule has 7 nitrogen and oxygen atoms in total. The number of nitro benzene ring substituents is 1. The Kier molecular flexibility index (Phi) is 4.82. The first-order valence-corrected chi connectivity index (χ1v) is 8.62. The number of anilines is 1. The van der Waals surface area contributed by atoms with Crippen LogP contribution < -0.4 is 10.2 Å². The molecule has 2 aliphatic heterocycles. The lowest BCUT2D eigenvalue weighted by atomic mass is 10.1. The standard InChI is InChI=1S/C15H19BrN4O3/c16-11-9-14(17-10-11)15(21)19-7-5-18(6-8-19)12-1-3-13(4-2-12)20(22)23/h1-4,11,14,17H,5-10H2. The molecule has 2 unspecified atom stereocenters. The van der Waals surface area contributed by atoms with Crippen LogP contribution >= 0.6 is 15.9 Å². The predicted molar refractivity (Wildman–Crippen MR) is 91.0 cm³/mol. The summed E-state index contributed by atoms with van der Waals surface area (Å²) in [7, 11) is 0. The number of amides is 1. The second-order valence-electron chi connectivity index (χ2n) is 5.88. The zero-order chi connectivity index (χ0) is 16.4. The van der Waals surface area contributed by atoms with Crippen LogP contribution in [0.2, 0.25) is 0 Å². The highest BCUT2D eigenvalue weighted by molar-refractivity contribution is 9.09. The van der Waals surface area contributed by atoms with Crippen molar-refractivity contribution in [3.8, 4) is 0 Å². The minimum absolute atomic E-state index is 0.0784. The van der Waals surface area contributed by atoms with Gasteiger partial charge in [-0.05, 0) is 18.6 Å². The number of carbonyl (C=O) groups excluding carboxylic acids is 1. The first-order valence-electron chi connectivity index (χ1n) is 7.70. The van der Waals surface area contributed by atoms with Crippen LogP contribution in [0.15, 0.2) is 24.3 Å². The number of alkyl halides is 1. The van der Waals surface area contributed by atoms with E-state index in [2.05, 4.69) is 26.1 Å². The van der Waals surface area contributed by atoms with Crippen molar-refractivity contribution in [1.29, 1.82) is 0 Å². The van der Waals surface area contributed by atoms with Crippen molar-refractivity contribution in [1.82, 2.24) is 10.2 Å². The predicted octanol–water partition coefficient (Wildman–Crippen LogP) is 1.37. The number of rotatable bonds is 3. The van der Waals surface area contributed by atoms with Gasteiger partial charge in [0, 0.05) is 55.4 Å². The van der Waals surface area contributed by atoms with Crippen molar-refractivity contribution in [3.05, 3.63) is 34.4 Å². The molecule has 1 aromatic carbocycles. The summed E-state index contributed by atoms with van der Waals surface area (Å²) in [5.41, 5.74) is 1.06. The topological polar surface area (TPSA) is 78.7 Å². The Morgan fingerprint density at radius 2 is 1.87 bits per heavy atom. The Bertz CT molecular complexity index is 587. The Morgan fingerprint density at radius 1 is 1.22 bits per heavy atom. The van der Waals surface area contributed by atoms with Gasteiger partial charge in [-0.3, -0.25) is 14.9 Å². The molecule has 124 valence electrons. The average molecular weight is 383 g/mol. The molecule has 1 N–H and O–H groups in total. The lowest BCUT2D eigenvalue weighted by Crippen LogP contribution is -2.53. The van der Waals surface area contributed by atoms with E-state index in [9.17, 15) is 14.9 Å². The number of nitrogens with one attached hydrogen (secondary N) is 1. The molecule has 0 aromatic heterocycles. The number of benzene rings is 1. The van der Waals surface area contributed by atoms with E-state index in [0.29, 0.717) is 17.9 Å². The molecule has 0 spiro atoms. The average Bonchev–Trinajstić information content (AvgIpc) is 3.01. The Morgan fingerprint density at radius 3 is 2.39 bits per heavy atom. The lowest BCUT2D eigenvalue weighted by Gasteiger charge is -2.37. The summed E-state index contributed by atoms with van der Waals surface area (Å²) < 4.78 is 0. The van der Waals surface area contributed by atoms with E-state index in [1.807, 2.05) is 4.90 Å². The molecule has 2 aliphatic rings. The van der Waals surface area contributed by atoms with Crippen LogP contribution in [0.5, 0.6) is 0 Å². The third-order valence-corrected chi connectivity index (χ3v) is 5.09. The maximum absolute atomic E-state index is 12.5. The van der Waals surface area contributed by atoms with Crippen molar-refractivity contribution < 1.29 is 9.72 Å². The number of halogens is 1. The molecule has 8 heteroatoms. The van der Waals surface area contributed by atoms with Crippen molar-refractivity contribution in [2.24, 2.45) is 0 Å². The van der Waals surface area contributed by atoms with Crippen LogP contribution in [0.3, 0.4) is 0 Å². The molecule has 2 atom stereocenters. The number of nitro groups is 1. The normalized spacial score (nSPS) is 24.7. The van der Waals surface area contributed by atoms with Crippen LogP contribution in [0, 0.1) is 10.1 Å². The quantitative estimate of drug-likeness (QED) is 0.485. The number of hydrogen-bond donors (Lipinski definition) is 1. The van der Waals surface area contributed by atoms with Gasteiger partial charge in [0.1, 0.15) is 0 Å². The Hall–Kier alpha value is -1.67. The summed E-state index contributed by atoms with van der Waals surface area (Å²) in [5.74, 6) is 0.176. The van der Waals surface area contributed by atoms with Crippen molar-refractivity contribution >= 4 is 33.2 Å². The number of non-ortho nitro benzene ring substituents is 1. The zero-order valence-corrected chi connectivity index (χ0v) is 14.2. The van der Waals surface area contributed by atoms with Gasteiger partial charge in [0.25, 0.3) is 5.69 Å². The fraction of sp³-hybridized carbons (Fsp3) is 0.533. The van der Waals surface area contributed by atoms with E-state index in [0.717, 1.165) is 31.7 Å². The fourth-order valence-corrected chi connectivity index (χ4v) is 3.63. The molecule has 0 bridgehead atoms. The number of piperazine rings is 1. The molecule has 0 saturated carbocycles. The van der Waals surface area contributed by atoms with Crippen LogP contribution in [0.25, 0.3) is 0 Å². The molecule has 3 rings (SSSR count). The molecule has 2 saturated heterocycles. The van der Waals surface area contributed by atoms with Gasteiger partial charge in [0.15, 0.2) is 0 Å². The molecule has 1 amide bonds. The van der Waals surface area contributed by atoms with Crippen LogP contribution in [-0.2, 0) is 4.79 Å². The summed E-state index contributed by atoms with van der Waals surface area (Å²) in [5, 5.41) is 13.9. The first-order chi connectivity index (χ1) is 11.0. The van der Waals surface area contributed by atoms with Gasteiger partial charge in [0.2, 0.25) is 5.91 Å². The summed E-state index contributed by atoms with van der Waals surface area (Å²) in [4.78, 5) is 27.2. The highest BCUT2D eigenvalue weighted by Crippen LogP contribution is 2.22.